The van der Waals surface area contributed by atoms with Gasteiger partial charge in [-0.15, -0.1) is 0 Å². The van der Waals surface area contributed by atoms with Crippen molar-refractivity contribution in [3.8, 4) is 5.75 Å². The van der Waals surface area contributed by atoms with Crippen LogP contribution in [-0.4, -0.2) is 34.8 Å². The summed E-state index contributed by atoms with van der Waals surface area (Å²) >= 11 is 6.05. The molecule has 0 bridgehead atoms. The SMILES string of the molecule is CCCCN1C(=O)C(=O)/C(=C(\O)c2cccc(Cl)c2)C1c1cccc(OCC)c1. The van der Waals surface area contributed by atoms with Crippen LogP contribution in [0.2, 0.25) is 5.02 Å². The predicted octanol–water partition coefficient (Wildman–Crippen LogP) is 4.96. The molecule has 5 nitrogen and oxygen atoms in total. The molecule has 0 aliphatic carbocycles. The van der Waals surface area contributed by atoms with Crippen molar-refractivity contribution in [2.45, 2.75) is 32.7 Å². The number of Topliss-reactive ketones (excluding diaryl/α,β-unsaturated/α-hetero) is 1. The Hall–Kier alpha value is -2.79. The Labute approximate surface area is 175 Å². The maximum atomic E-state index is 12.9. The highest BCUT2D eigenvalue weighted by Crippen LogP contribution is 2.40. The quantitative estimate of drug-likeness (QED) is 0.395. The number of aliphatic hydroxyl groups is 1. The van der Waals surface area contributed by atoms with Crippen LogP contribution < -0.4 is 4.74 Å². The van der Waals surface area contributed by atoms with E-state index in [4.69, 9.17) is 16.3 Å². The van der Waals surface area contributed by atoms with E-state index in [1.165, 1.54) is 4.90 Å². The second-order valence-electron chi connectivity index (χ2n) is 6.86. The van der Waals surface area contributed by atoms with E-state index in [2.05, 4.69) is 0 Å². The molecule has 0 saturated carbocycles. The number of nitrogens with zero attached hydrogens (tertiary/aromatic N) is 1. The Morgan fingerprint density at radius 1 is 1.14 bits per heavy atom. The Morgan fingerprint density at radius 2 is 1.90 bits per heavy atom. The van der Waals surface area contributed by atoms with Crippen molar-refractivity contribution < 1.29 is 19.4 Å². The molecule has 0 spiro atoms. The topological polar surface area (TPSA) is 66.8 Å². The van der Waals surface area contributed by atoms with E-state index in [0.717, 1.165) is 18.4 Å². The monoisotopic (exact) mass is 413 g/mol. The fourth-order valence-electron chi connectivity index (χ4n) is 3.52. The van der Waals surface area contributed by atoms with Crippen molar-refractivity contribution in [3.05, 3.63) is 70.3 Å². The predicted molar refractivity (Wildman–Crippen MR) is 113 cm³/mol. The lowest BCUT2D eigenvalue weighted by atomic mass is 9.95. The zero-order chi connectivity index (χ0) is 21.0. The van der Waals surface area contributed by atoms with Gasteiger partial charge < -0.3 is 14.7 Å². The molecule has 0 aromatic heterocycles. The Bertz CT molecular complexity index is 953. The minimum absolute atomic E-state index is 0.0713. The number of halogens is 1. The molecule has 2 aromatic rings. The van der Waals surface area contributed by atoms with Crippen LogP contribution in [0, 0.1) is 0 Å². The molecule has 1 aliphatic heterocycles. The van der Waals surface area contributed by atoms with Crippen LogP contribution >= 0.6 is 11.6 Å². The van der Waals surface area contributed by atoms with E-state index >= 15 is 0 Å². The number of hydrogen-bond acceptors (Lipinski definition) is 4. The molecular formula is C23H24ClNO4. The van der Waals surface area contributed by atoms with Gasteiger partial charge in [0.2, 0.25) is 0 Å². The van der Waals surface area contributed by atoms with Gasteiger partial charge in [-0.2, -0.15) is 0 Å². The number of ether oxygens (including phenoxy) is 1. The summed E-state index contributed by atoms with van der Waals surface area (Å²) in [6, 6.07) is 13.2. The number of rotatable bonds is 7. The first-order valence-corrected chi connectivity index (χ1v) is 10.1. The Morgan fingerprint density at radius 3 is 2.59 bits per heavy atom. The van der Waals surface area contributed by atoms with Crippen molar-refractivity contribution in [2.75, 3.05) is 13.2 Å². The fraction of sp³-hybridized carbons (Fsp3) is 0.304. The number of aliphatic hydroxyl groups excluding tert-OH is 1. The van der Waals surface area contributed by atoms with Crippen molar-refractivity contribution in [2.24, 2.45) is 0 Å². The van der Waals surface area contributed by atoms with Crippen molar-refractivity contribution in [3.63, 3.8) is 0 Å². The number of ketones is 1. The maximum absolute atomic E-state index is 12.9. The number of benzene rings is 2. The molecule has 2 aromatic carbocycles. The Kier molecular flexibility index (Phi) is 6.60. The van der Waals surface area contributed by atoms with Crippen LogP contribution in [0.5, 0.6) is 5.75 Å². The van der Waals surface area contributed by atoms with Crippen molar-refractivity contribution in [1.82, 2.24) is 4.90 Å². The van der Waals surface area contributed by atoms with Crippen LogP contribution in [0.1, 0.15) is 43.9 Å². The lowest BCUT2D eigenvalue weighted by Crippen LogP contribution is -2.30. The van der Waals surface area contributed by atoms with Crippen LogP contribution in [0.4, 0.5) is 0 Å². The summed E-state index contributed by atoms with van der Waals surface area (Å²) in [7, 11) is 0. The average molecular weight is 414 g/mol. The van der Waals surface area contributed by atoms with Gasteiger partial charge in [0, 0.05) is 17.1 Å². The molecule has 1 atom stereocenters. The normalized spacial score (nSPS) is 18.3. The molecule has 0 radical (unpaired) electrons. The van der Waals surface area contributed by atoms with E-state index in [0.29, 0.717) is 29.5 Å². The van der Waals surface area contributed by atoms with Crippen LogP contribution in [-0.2, 0) is 9.59 Å². The van der Waals surface area contributed by atoms with Gasteiger partial charge in [-0.1, -0.05) is 49.2 Å². The number of hydrogen-bond donors (Lipinski definition) is 1. The minimum Gasteiger partial charge on any atom is -0.507 e. The molecule has 1 unspecified atom stereocenters. The first-order valence-electron chi connectivity index (χ1n) is 9.75. The smallest absolute Gasteiger partial charge is 0.295 e. The zero-order valence-electron chi connectivity index (χ0n) is 16.5. The third-order valence-electron chi connectivity index (χ3n) is 4.88. The van der Waals surface area contributed by atoms with E-state index in [1.807, 2.05) is 38.1 Å². The summed E-state index contributed by atoms with van der Waals surface area (Å²) in [5, 5.41) is 11.4. The number of likely N-dealkylation sites (tertiary alicyclic amines) is 1. The molecule has 1 heterocycles. The van der Waals surface area contributed by atoms with E-state index in [1.54, 1.807) is 24.3 Å². The number of carbonyl (C=O) groups is 2. The lowest BCUT2D eigenvalue weighted by Gasteiger charge is -2.25. The van der Waals surface area contributed by atoms with Gasteiger partial charge in [0.15, 0.2) is 0 Å². The summed E-state index contributed by atoms with van der Waals surface area (Å²) < 4.78 is 5.59. The Balaban J connectivity index is 2.16. The van der Waals surface area contributed by atoms with Gasteiger partial charge in [-0.05, 0) is 43.2 Å². The summed E-state index contributed by atoms with van der Waals surface area (Å²) in [4.78, 5) is 27.2. The highest BCUT2D eigenvalue weighted by atomic mass is 35.5. The molecular weight excluding hydrogens is 390 g/mol. The van der Waals surface area contributed by atoms with Gasteiger partial charge >= 0.3 is 0 Å². The fourth-order valence-corrected chi connectivity index (χ4v) is 3.71. The van der Waals surface area contributed by atoms with Gasteiger partial charge in [-0.3, -0.25) is 9.59 Å². The second-order valence-corrected chi connectivity index (χ2v) is 7.30. The number of carbonyl (C=O) groups excluding carboxylic acids is 2. The summed E-state index contributed by atoms with van der Waals surface area (Å²) in [5.41, 5.74) is 1.19. The van der Waals surface area contributed by atoms with Crippen LogP contribution in [0.15, 0.2) is 54.1 Å². The molecule has 1 saturated heterocycles. The van der Waals surface area contributed by atoms with Gasteiger partial charge in [0.25, 0.3) is 11.7 Å². The maximum Gasteiger partial charge on any atom is 0.295 e. The van der Waals surface area contributed by atoms with E-state index < -0.39 is 17.7 Å². The molecule has 152 valence electrons. The van der Waals surface area contributed by atoms with Gasteiger partial charge in [0.1, 0.15) is 11.5 Å². The minimum atomic E-state index is -0.689. The molecule has 1 aliphatic rings. The third kappa shape index (κ3) is 4.30. The number of unbranched alkanes of at least 4 members (excludes halogenated alkanes) is 1. The number of amides is 1. The molecule has 1 N–H and O–H groups in total. The summed E-state index contributed by atoms with van der Waals surface area (Å²) in [6.45, 7) is 4.84. The standard InChI is InChI=1S/C23H24ClNO4/c1-3-5-12-25-20(15-8-7-11-18(14-15)29-4-2)19(22(27)23(25)28)21(26)16-9-6-10-17(24)13-16/h6-11,13-14,20,26H,3-5,12H2,1-2H3/b21-19-. The molecule has 1 fully saturated rings. The average Bonchev–Trinajstić information content (AvgIpc) is 2.97. The highest BCUT2D eigenvalue weighted by Gasteiger charge is 2.45. The largest absolute Gasteiger partial charge is 0.507 e. The van der Waals surface area contributed by atoms with Crippen molar-refractivity contribution >= 4 is 29.1 Å². The van der Waals surface area contributed by atoms with E-state index in [-0.39, 0.29) is 11.3 Å². The first kappa shape index (κ1) is 20.9. The van der Waals surface area contributed by atoms with Crippen LogP contribution in [0.25, 0.3) is 5.76 Å². The van der Waals surface area contributed by atoms with E-state index in [9.17, 15) is 14.7 Å². The van der Waals surface area contributed by atoms with Crippen molar-refractivity contribution in [1.29, 1.82) is 0 Å². The first-order chi connectivity index (χ1) is 14.0. The third-order valence-corrected chi connectivity index (χ3v) is 5.11. The summed E-state index contributed by atoms with van der Waals surface area (Å²) in [5.74, 6) is -0.871. The molecule has 1 amide bonds. The van der Waals surface area contributed by atoms with Gasteiger partial charge in [0.05, 0.1) is 18.2 Å². The highest BCUT2D eigenvalue weighted by molar-refractivity contribution is 6.46. The molecule has 6 heteroatoms. The van der Waals surface area contributed by atoms with Gasteiger partial charge in [-0.25, -0.2) is 0 Å². The molecule has 29 heavy (non-hydrogen) atoms. The summed E-state index contributed by atoms with van der Waals surface area (Å²) in [6.07, 6.45) is 1.63. The zero-order valence-corrected chi connectivity index (χ0v) is 17.3. The second kappa shape index (κ2) is 9.14. The molecule has 3 rings (SSSR count). The van der Waals surface area contributed by atoms with Crippen LogP contribution in [0.3, 0.4) is 0 Å². The lowest BCUT2D eigenvalue weighted by molar-refractivity contribution is -0.139.